The second-order valence-electron chi connectivity index (χ2n) is 2.99. The predicted molar refractivity (Wildman–Crippen MR) is 48.4 cm³/mol. The van der Waals surface area contributed by atoms with Crippen molar-refractivity contribution in [3.8, 4) is 0 Å². The number of aliphatic hydroxyl groups is 1. The van der Waals surface area contributed by atoms with Crippen LogP contribution in [0.25, 0.3) is 0 Å². The molecular weight excluding hydrogens is 154 g/mol. The maximum Gasteiger partial charge on any atom is 0.223 e. The highest BCUT2D eigenvalue weighted by molar-refractivity contribution is 5.77. The minimum atomic E-state index is -0.734. The van der Waals surface area contributed by atoms with Crippen molar-refractivity contribution in [3.63, 3.8) is 0 Å². The van der Waals surface area contributed by atoms with Crippen LogP contribution < -0.4 is 5.73 Å². The SMILES string of the molecule is CC/C=C(\C)[C@@H](O)[C@H](C)C(N)=O. The molecule has 0 aliphatic heterocycles. The topological polar surface area (TPSA) is 63.3 Å². The van der Waals surface area contributed by atoms with Crippen LogP contribution in [0, 0.1) is 5.92 Å². The van der Waals surface area contributed by atoms with Gasteiger partial charge >= 0.3 is 0 Å². The Kier molecular flexibility index (Phi) is 4.59. The van der Waals surface area contributed by atoms with Crippen LogP contribution in [-0.2, 0) is 4.79 Å². The molecule has 0 saturated heterocycles. The van der Waals surface area contributed by atoms with Crippen LogP contribution in [0.15, 0.2) is 11.6 Å². The molecule has 0 spiro atoms. The van der Waals surface area contributed by atoms with E-state index in [4.69, 9.17) is 5.73 Å². The van der Waals surface area contributed by atoms with E-state index in [9.17, 15) is 9.90 Å². The average Bonchev–Trinajstić information content (AvgIpc) is 2.02. The summed E-state index contributed by atoms with van der Waals surface area (Å²) in [6.07, 6.45) is 2.01. The molecule has 3 N–H and O–H groups in total. The quantitative estimate of drug-likeness (QED) is 0.615. The van der Waals surface area contributed by atoms with Crippen LogP contribution in [0.2, 0.25) is 0 Å². The van der Waals surface area contributed by atoms with Gasteiger partial charge in [-0.1, -0.05) is 19.9 Å². The zero-order valence-corrected chi connectivity index (χ0v) is 7.87. The van der Waals surface area contributed by atoms with Gasteiger partial charge in [0.1, 0.15) is 0 Å². The van der Waals surface area contributed by atoms with E-state index in [1.807, 2.05) is 13.0 Å². The Hall–Kier alpha value is -0.830. The Labute approximate surface area is 73.3 Å². The molecule has 2 atom stereocenters. The van der Waals surface area contributed by atoms with E-state index in [1.165, 1.54) is 0 Å². The highest BCUT2D eigenvalue weighted by atomic mass is 16.3. The van der Waals surface area contributed by atoms with Gasteiger partial charge in [-0.05, 0) is 18.9 Å². The smallest absolute Gasteiger partial charge is 0.223 e. The number of hydrogen-bond donors (Lipinski definition) is 2. The molecule has 0 aromatic heterocycles. The molecule has 0 rings (SSSR count). The van der Waals surface area contributed by atoms with Crippen molar-refractivity contribution in [1.29, 1.82) is 0 Å². The highest BCUT2D eigenvalue weighted by Gasteiger charge is 2.20. The minimum absolute atomic E-state index is 0.466. The number of carbonyl (C=O) groups is 1. The van der Waals surface area contributed by atoms with Crippen molar-refractivity contribution >= 4 is 5.91 Å². The van der Waals surface area contributed by atoms with Gasteiger partial charge in [-0.2, -0.15) is 0 Å². The summed E-state index contributed by atoms with van der Waals surface area (Å²) in [5.41, 5.74) is 5.85. The van der Waals surface area contributed by atoms with Gasteiger partial charge in [-0.15, -0.1) is 0 Å². The lowest BCUT2D eigenvalue weighted by Gasteiger charge is -2.16. The van der Waals surface area contributed by atoms with Gasteiger partial charge in [-0.25, -0.2) is 0 Å². The third kappa shape index (κ3) is 3.05. The Balaban J connectivity index is 4.28. The lowest BCUT2D eigenvalue weighted by Crippen LogP contribution is -2.31. The summed E-state index contributed by atoms with van der Waals surface area (Å²) >= 11 is 0. The van der Waals surface area contributed by atoms with Gasteiger partial charge in [0.15, 0.2) is 0 Å². The largest absolute Gasteiger partial charge is 0.388 e. The number of hydrogen-bond acceptors (Lipinski definition) is 2. The number of aliphatic hydroxyl groups excluding tert-OH is 1. The molecule has 0 unspecified atom stereocenters. The first kappa shape index (κ1) is 11.2. The van der Waals surface area contributed by atoms with E-state index in [0.717, 1.165) is 12.0 Å². The van der Waals surface area contributed by atoms with Gasteiger partial charge in [0, 0.05) is 0 Å². The molecule has 1 amide bonds. The highest BCUT2D eigenvalue weighted by Crippen LogP contribution is 2.11. The van der Waals surface area contributed by atoms with Crippen LogP contribution in [0.5, 0.6) is 0 Å². The molecule has 0 saturated carbocycles. The summed E-state index contributed by atoms with van der Waals surface area (Å²) in [6, 6.07) is 0. The van der Waals surface area contributed by atoms with Crippen LogP contribution in [-0.4, -0.2) is 17.1 Å². The molecule has 0 heterocycles. The number of primary amides is 1. The summed E-state index contributed by atoms with van der Waals surface area (Å²) in [4.78, 5) is 10.7. The Morgan fingerprint density at radius 2 is 2.17 bits per heavy atom. The van der Waals surface area contributed by atoms with Gasteiger partial charge in [0.25, 0.3) is 0 Å². The molecule has 12 heavy (non-hydrogen) atoms. The third-order valence-electron chi connectivity index (χ3n) is 1.92. The van der Waals surface area contributed by atoms with E-state index in [2.05, 4.69) is 0 Å². The summed E-state index contributed by atoms with van der Waals surface area (Å²) in [6.45, 7) is 5.40. The molecule has 3 heteroatoms. The van der Waals surface area contributed by atoms with Crippen molar-refractivity contribution in [2.75, 3.05) is 0 Å². The zero-order valence-electron chi connectivity index (χ0n) is 7.87. The molecule has 70 valence electrons. The van der Waals surface area contributed by atoms with Gasteiger partial charge < -0.3 is 10.8 Å². The number of allylic oxidation sites excluding steroid dienone is 1. The average molecular weight is 171 g/mol. The molecule has 3 nitrogen and oxygen atoms in total. The standard InChI is InChI=1S/C9H17NO2/c1-4-5-6(2)8(11)7(3)9(10)12/h5,7-8,11H,4H2,1-3H3,(H2,10,12)/b6-5+/t7-,8+/m0/s1. The molecule has 0 aromatic rings. The fourth-order valence-corrected chi connectivity index (χ4v) is 0.993. The summed E-state index contributed by atoms with van der Waals surface area (Å²) in [7, 11) is 0. The first-order valence-electron chi connectivity index (χ1n) is 4.14. The normalized spacial score (nSPS) is 17.2. The predicted octanol–water partition coefficient (Wildman–Crippen LogP) is 0.825. The van der Waals surface area contributed by atoms with E-state index in [0.29, 0.717) is 0 Å². The van der Waals surface area contributed by atoms with Gasteiger partial charge in [0.2, 0.25) is 5.91 Å². The van der Waals surface area contributed by atoms with E-state index >= 15 is 0 Å². The fraction of sp³-hybridized carbons (Fsp3) is 0.667. The van der Waals surface area contributed by atoms with Crippen LogP contribution in [0.4, 0.5) is 0 Å². The van der Waals surface area contributed by atoms with Crippen molar-refractivity contribution < 1.29 is 9.90 Å². The monoisotopic (exact) mass is 171 g/mol. The third-order valence-corrected chi connectivity index (χ3v) is 1.92. The number of rotatable bonds is 4. The van der Waals surface area contributed by atoms with Crippen molar-refractivity contribution in [2.24, 2.45) is 11.7 Å². The van der Waals surface area contributed by atoms with Gasteiger partial charge in [-0.3, -0.25) is 4.79 Å². The van der Waals surface area contributed by atoms with Crippen molar-refractivity contribution in [3.05, 3.63) is 11.6 Å². The first-order chi connectivity index (χ1) is 5.50. The molecule has 0 bridgehead atoms. The van der Waals surface area contributed by atoms with E-state index in [1.54, 1.807) is 13.8 Å². The second kappa shape index (κ2) is 4.93. The fourth-order valence-electron chi connectivity index (χ4n) is 0.993. The lowest BCUT2D eigenvalue weighted by atomic mass is 9.97. The molecule has 0 aliphatic rings. The molecule has 0 aliphatic carbocycles. The number of nitrogens with two attached hydrogens (primary N) is 1. The van der Waals surface area contributed by atoms with Gasteiger partial charge in [0.05, 0.1) is 12.0 Å². The lowest BCUT2D eigenvalue weighted by molar-refractivity contribution is -0.123. The summed E-state index contributed by atoms with van der Waals surface area (Å²) in [5, 5.41) is 9.52. The number of carbonyl (C=O) groups excluding carboxylic acids is 1. The number of amides is 1. The maximum atomic E-state index is 10.7. The zero-order chi connectivity index (χ0) is 9.72. The Morgan fingerprint density at radius 3 is 2.50 bits per heavy atom. The minimum Gasteiger partial charge on any atom is -0.388 e. The molecular formula is C9H17NO2. The van der Waals surface area contributed by atoms with E-state index < -0.39 is 17.9 Å². The molecule has 0 aromatic carbocycles. The first-order valence-corrected chi connectivity index (χ1v) is 4.14. The van der Waals surface area contributed by atoms with Crippen LogP contribution in [0.1, 0.15) is 27.2 Å². The van der Waals surface area contributed by atoms with E-state index in [-0.39, 0.29) is 0 Å². The maximum absolute atomic E-state index is 10.7. The van der Waals surface area contributed by atoms with Crippen molar-refractivity contribution in [1.82, 2.24) is 0 Å². The molecule has 0 radical (unpaired) electrons. The summed E-state index contributed by atoms with van der Waals surface area (Å²) in [5.74, 6) is -0.973. The Bertz CT molecular complexity index is 187. The van der Waals surface area contributed by atoms with Crippen LogP contribution >= 0.6 is 0 Å². The molecule has 0 fully saturated rings. The van der Waals surface area contributed by atoms with Crippen LogP contribution in [0.3, 0.4) is 0 Å². The Morgan fingerprint density at radius 1 is 1.67 bits per heavy atom. The second-order valence-corrected chi connectivity index (χ2v) is 2.99. The summed E-state index contributed by atoms with van der Waals surface area (Å²) < 4.78 is 0. The van der Waals surface area contributed by atoms with Crippen molar-refractivity contribution in [2.45, 2.75) is 33.3 Å².